The zero-order chi connectivity index (χ0) is 15.1. The number of aliphatic hydroxyl groups is 1. The molecule has 2 heterocycles. The van der Waals surface area contributed by atoms with E-state index in [1.807, 2.05) is 6.07 Å². The van der Waals surface area contributed by atoms with Gasteiger partial charge >= 0.3 is 0 Å². The standard InChI is InChI=1S/C13H21N7O/c1-3-10(5-8-21)9-15-12-17-11(14-2)18-13(19-12)20-7-4-6-16-20/h4,6-7,10,21H,3,5,8-9H2,1-2H3,(H2,14,15,17,18,19). The number of anilines is 2. The molecule has 0 radical (unpaired) electrons. The average Bonchev–Trinajstić information content (AvgIpc) is 3.05. The monoisotopic (exact) mass is 291 g/mol. The Labute approximate surface area is 123 Å². The summed E-state index contributed by atoms with van der Waals surface area (Å²) < 4.78 is 1.58. The Kier molecular flexibility index (Phi) is 5.44. The zero-order valence-electron chi connectivity index (χ0n) is 12.3. The first-order chi connectivity index (χ1) is 10.3. The van der Waals surface area contributed by atoms with Crippen LogP contribution in [-0.4, -0.2) is 50.0 Å². The summed E-state index contributed by atoms with van der Waals surface area (Å²) in [5.74, 6) is 1.82. The number of hydrogen-bond donors (Lipinski definition) is 3. The molecule has 0 saturated heterocycles. The van der Waals surface area contributed by atoms with Crippen molar-refractivity contribution in [1.82, 2.24) is 24.7 Å². The molecular formula is C13H21N7O. The van der Waals surface area contributed by atoms with Crippen LogP contribution in [0.1, 0.15) is 19.8 Å². The second-order valence-electron chi connectivity index (χ2n) is 4.65. The van der Waals surface area contributed by atoms with Crippen molar-refractivity contribution in [2.75, 3.05) is 30.8 Å². The molecule has 0 fully saturated rings. The summed E-state index contributed by atoms with van der Waals surface area (Å²) in [6.45, 7) is 3.00. The van der Waals surface area contributed by atoms with Gasteiger partial charge in [0.25, 0.3) is 5.95 Å². The minimum absolute atomic E-state index is 0.192. The van der Waals surface area contributed by atoms with E-state index in [-0.39, 0.29) is 6.61 Å². The largest absolute Gasteiger partial charge is 0.396 e. The van der Waals surface area contributed by atoms with E-state index in [1.165, 1.54) is 0 Å². The van der Waals surface area contributed by atoms with Gasteiger partial charge in [0, 0.05) is 32.6 Å². The van der Waals surface area contributed by atoms with Crippen LogP contribution in [0, 0.1) is 5.92 Å². The van der Waals surface area contributed by atoms with E-state index in [9.17, 15) is 0 Å². The van der Waals surface area contributed by atoms with Gasteiger partial charge in [-0.15, -0.1) is 0 Å². The predicted molar refractivity (Wildman–Crippen MR) is 80.5 cm³/mol. The minimum atomic E-state index is 0.192. The Morgan fingerprint density at radius 3 is 2.71 bits per heavy atom. The fraction of sp³-hybridized carbons (Fsp3) is 0.538. The highest BCUT2D eigenvalue weighted by Crippen LogP contribution is 2.11. The number of nitrogens with one attached hydrogen (secondary N) is 2. The summed E-state index contributed by atoms with van der Waals surface area (Å²) in [4.78, 5) is 12.9. The van der Waals surface area contributed by atoms with Crippen LogP contribution in [0.2, 0.25) is 0 Å². The van der Waals surface area contributed by atoms with Crippen molar-refractivity contribution in [3.05, 3.63) is 18.5 Å². The van der Waals surface area contributed by atoms with Crippen molar-refractivity contribution >= 4 is 11.9 Å². The molecule has 0 spiro atoms. The number of rotatable bonds is 8. The highest BCUT2D eigenvalue weighted by Gasteiger charge is 2.10. The summed E-state index contributed by atoms with van der Waals surface area (Å²) in [5, 5.41) is 19.3. The van der Waals surface area contributed by atoms with Crippen LogP contribution in [-0.2, 0) is 0 Å². The van der Waals surface area contributed by atoms with E-state index >= 15 is 0 Å². The lowest BCUT2D eigenvalue weighted by atomic mass is 10.0. The van der Waals surface area contributed by atoms with Crippen LogP contribution in [0.15, 0.2) is 18.5 Å². The molecule has 0 saturated carbocycles. The second kappa shape index (κ2) is 7.53. The molecule has 2 rings (SSSR count). The third kappa shape index (κ3) is 4.12. The molecule has 3 N–H and O–H groups in total. The molecule has 0 aliphatic rings. The summed E-state index contributed by atoms with van der Waals surface area (Å²) in [6, 6.07) is 1.81. The van der Waals surface area contributed by atoms with Gasteiger partial charge in [0.15, 0.2) is 0 Å². The van der Waals surface area contributed by atoms with Crippen LogP contribution in [0.5, 0.6) is 0 Å². The molecule has 2 aromatic rings. The molecule has 0 bridgehead atoms. The second-order valence-corrected chi connectivity index (χ2v) is 4.65. The van der Waals surface area contributed by atoms with Crippen molar-refractivity contribution in [1.29, 1.82) is 0 Å². The van der Waals surface area contributed by atoms with Gasteiger partial charge in [-0.25, -0.2) is 4.68 Å². The minimum Gasteiger partial charge on any atom is -0.396 e. The third-order valence-corrected chi connectivity index (χ3v) is 3.22. The lowest BCUT2D eigenvalue weighted by Gasteiger charge is -2.14. The molecule has 1 atom stereocenters. The molecule has 0 aromatic carbocycles. The van der Waals surface area contributed by atoms with Gasteiger partial charge in [-0.1, -0.05) is 13.3 Å². The lowest BCUT2D eigenvalue weighted by Crippen LogP contribution is -2.18. The Morgan fingerprint density at radius 2 is 2.10 bits per heavy atom. The SMILES string of the molecule is CCC(CCO)CNc1nc(NC)nc(-n2cccn2)n1. The first-order valence-electron chi connectivity index (χ1n) is 7.05. The van der Waals surface area contributed by atoms with Crippen molar-refractivity contribution in [3.63, 3.8) is 0 Å². The van der Waals surface area contributed by atoms with Gasteiger partial charge in [-0.3, -0.25) is 0 Å². The quantitative estimate of drug-likeness (QED) is 0.664. The Balaban J connectivity index is 2.13. The van der Waals surface area contributed by atoms with Gasteiger partial charge in [0.05, 0.1) is 0 Å². The third-order valence-electron chi connectivity index (χ3n) is 3.22. The topological polar surface area (TPSA) is 101 Å². The molecule has 0 aliphatic heterocycles. The van der Waals surface area contributed by atoms with Gasteiger partial charge in [0.2, 0.25) is 11.9 Å². The van der Waals surface area contributed by atoms with E-state index in [1.54, 1.807) is 24.1 Å². The van der Waals surface area contributed by atoms with E-state index in [0.29, 0.717) is 30.3 Å². The van der Waals surface area contributed by atoms with Gasteiger partial charge in [0.1, 0.15) is 0 Å². The average molecular weight is 291 g/mol. The fourth-order valence-corrected chi connectivity index (χ4v) is 1.91. The maximum Gasteiger partial charge on any atom is 0.257 e. The predicted octanol–water partition coefficient (Wildman–Crippen LogP) is 0.919. The van der Waals surface area contributed by atoms with Crippen molar-refractivity contribution < 1.29 is 5.11 Å². The van der Waals surface area contributed by atoms with Crippen LogP contribution >= 0.6 is 0 Å². The highest BCUT2D eigenvalue weighted by atomic mass is 16.3. The summed E-state index contributed by atoms with van der Waals surface area (Å²) in [5.41, 5.74) is 0. The van der Waals surface area contributed by atoms with Crippen LogP contribution in [0.4, 0.5) is 11.9 Å². The van der Waals surface area contributed by atoms with Crippen LogP contribution in [0.3, 0.4) is 0 Å². The Hall–Kier alpha value is -2.22. The summed E-state index contributed by atoms with van der Waals surface area (Å²) in [6.07, 6.45) is 5.20. The molecule has 2 aromatic heterocycles. The number of aromatic nitrogens is 5. The van der Waals surface area contributed by atoms with Crippen molar-refractivity contribution in [3.8, 4) is 5.95 Å². The van der Waals surface area contributed by atoms with Gasteiger partial charge in [-0.2, -0.15) is 20.1 Å². The molecule has 1 unspecified atom stereocenters. The fourth-order valence-electron chi connectivity index (χ4n) is 1.91. The number of aliphatic hydroxyl groups excluding tert-OH is 1. The maximum absolute atomic E-state index is 9.03. The smallest absolute Gasteiger partial charge is 0.257 e. The number of nitrogens with zero attached hydrogens (tertiary/aromatic N) is 5. The molecular weight excluding hydrogens is 270 g/mol. The van der Waals surface area contributed by atoms with Gasteiger partial charge in [-0.05, 0) is 18.4 Å². The van der Waals surface area contributed by atoms with E-state index in [0.717, 1.165) is 12.8 Å². The van der Waals surface area contributed by atoms with E-state index in [2.05, 4.69) is 37.6 Å². The van der Waals surface area contributed by atoms with Crippen molar-refractivity contribution in [2.45, 2.75) is 19.8 Å². The number of hydrogen-bond acceptors (Lipinski definition) is 7. The first kappa shape index (κ1) is 15.2. The van der Waals surface area contributed by atoms with E-state index in [4.69, 9.17) is 5.11 Å². The molecule has 0 aliphatic carbocycles. The van der Waals surface area contributed by atoms with Crippen molar-refractivity contribution in [2.24, 2.45) is 5.92 Å². The zero-order valence-corrected chi connectivity index (χ0v) is 12.3. The summed E-state index contributed by atoms with van der Waals surface area (Å²) in [7, 11) is 1.76. The Bertz CT molecular complexity index is 543. The highest BCUT2D eigenvalue weighted by molar-refractivity contribution is 5.37. The lowest BCUT2D eigenvalue weighted by molar-refractivity contribution is 0.258. The van der Waals surface area contributed by atoms with E-state index < -0.39 is 0 Å². The molecule has 8 heteroatoms. The normalized spacial score (nSPS) is 12.1. The van der Waals surface area contributed by atoms with Crippen LogP contribution < -0.4 is 10.6 Å². The first-order valence-corrected chi connectivity index (χ1v) is 7.05. The molecule has 0 amide bonds. The molecule has 8 nitrogen and oxygen atoms in total. The Morgan fingerprint density at radius 1 is 1.29 bits per heavy atom. The maximum atomic E-state index is 9.03. The molecule has 114 valence electrons. The molecule has 21 heavy (non-hydrogen) atoms. The van der Waals surface area contributed by atoms with Gasteiger partial charge < -0.3 is 15.7 Å². The van der Waals surface area contributed by atoms with Crippen LogP contribution in [0.25, 0.3) is 5.95 Å². The summed E-state index contributed by atoms with van der Waals surface area (Å²) >= 11 is 0.